The fourth-order valence-electron chi connectivity index (χ4n) is 2.63. The summed E-state index contributed by atoms with van der Waals surface area (Å²) in [5.74, 6) is 0. The minimum atomic E-state index is 1.12. The Morgan fingerprint density at radius 3 is 2.75 bits per heavy atom. The van der Waals surface area contributed by atoms with E-state index in [1.54, 1.807) is 0 Å². The van der Waals surface area contributed by atoms with Gasteiger partial charge in [0.05, 0.1) is 5.69 Å². The Kier molecular flexibility index (Phi) is 2.06. The summed E-state index contributed by atoms with van der Waals surface area (Å²) in [5.41, 5.74) is 7.91. The van der Waals surface area contributed by atoms with E-state index in [4.69, 9.17) is 4.98 Å². The van der Waals surface area contributed by atoms with Gasteiger partial charge in [-0.3, -0.25) is 4.98 Å². The topological polar surface area (TPSA) is 12.9 Å². The van der Waals surface area contributed by atoms with E-state index in [1.165, 1.54) is 27.9 Å². The van der Waals surface area contributed by atoms with Gasteiger partial charge in [0, 0.05) is 11.3 Å². The highest BCUT2D eigenvalue weighted by molar-refractivity contribution is 5.70. The van der Waals surface area contributed by atoms with E-state index >= 15 is 0 Å². The average Bonchev–Trinajstić information content (AvgIpc) is 2.28. The molecule has 0 bridgehead atoms. The highest BCUT2D eigenvalue weighted by Crippen LogP contribution is 2.33. The molecule has 1 aromatic heterocycles. The first-order valence-corrected chi connectivity index (χ1v) is 5.81. The predicted octanol–water partition coefficient (Wildman–Crippen LogP) is 3.46. The maximum Gasteiger partial charge on any atom is 0.0742 e. The van der Waals surface area contributed by atoms with Crippen LogP contribution in [0.25, 0.3) is 11.3 Å². The van der Waals surface area contributed by atoms with Crippen LogP contribution < -0.4 is 0 Å². The second kappa shape index (κ2) is 3.44. The van der Waals surface area contributed by atoms with Crippen LogP contribution >= 0.6 is 0 Å². The van der Waals surface area contributed by atoms with Gasteiger partial charge in [0.1, 0.15) is 0 Å². The number of hydrogen-bond acceptors (Lipinski definition) is 1. The first kappa shape index (κ1) is 9.59. The molecule has 1 aliphatic rings. The number of fused-ring (bicyclic) bond motifs is 3. The standard InChI is InChI=1S/C15H15N/c1-10-9-11(2)16-15-13(10)8-7-12-5-3-4-6-14(12)15/h3-6,9H,7-8H2,1-2H3. The number of pyridine rings is 1. The van der Waals surface area contributed by atoms with Crippen LogP contribution in [0, 0.1) is 13.8 Å². The van der Waals surface area contributed by atoms with Crippen LogP contribution in [0.5, 0.6) is 0 Å². The Hall–Kier alpha value is -1.63. The lowest BCUT2D eigenvalue weighted by Gasteiger charge is -2.21. The molecule has 0 saturated heterocycles. The van der Waals surface area contributed by atoms with E-state index in [-0.39, 0.29) is 0 Å². The van der Waals surface area contributed by atoms with Crippen LogP contribution in [0.3, 0.4) is 0 Å². The lowest BCUT2D eigenvalue weighted by atomic mass is 9.87. The summed E-state index contributed by atoms with van der Waals surface area (Å²) < 4.78 is 0. The summed E-state index contributed by atoms with van der Waals surface area (Å²) in [6.45, 7) is 4.27. The number of nitrogens with zero attached hydrogens (tertiary/aromatic N) is 1. The van der Waals surface area contributed by atoms with Crippen molar-refractivity contribution >= 4 is 0 Å². The fraction of sp³-hybridized carbons (Fsp3) is 0.267. The molecule has 0 amide bonds. The molecule has 0 N–H and O–H groups in total. The molecule has 1 aliphatic carbocycles. The number of benzene rings is 1. The molecule has 0 saturated carbocycles. The fourth-order valence-corrected chi connectivity index (χ4v) is 2.63. The van der Waals surface area contributed by atoms with Crippen molar-refractivity contribution in [2.24, 2.45) is 0 Å². The molecule has 3 rings (SSSR count). The maximum atomic E-state index is 4.72. The van der Waals surface area contributed by atoms with Crippen LogP contribution in [-0.2, 0) is 12.8 Å². The number of aromatic nitrogens is 1. The van der Waals surface area contributed by atoms with Crippen molar-refractivity contribution in [3.05, 3.63) is 52.7 Å². The Bertz CT molecular complexity index is 555. The Labute approximate surface area is 96.2 Å². The van der Waals surface area contributed by atoms with Crippen LogP contribution in [0.2, 0.25) is 0 Å². The van der Waals surface area contributed by atoms with Gasteiger partial charge in [-0.05, 0) is 49.4 Å². The third-order valence-electron chi connectivity index (χ3n) is 3.39. The SMILES string of the molecule is Cc1cc(C)c2c(n1)-c1ccccc1CC2. The van der Waals surface area contributed by atoms with E-state index in [0.717, 1.165) is 18.5 Å². The quantitative estimate of drug-likeness (QED) is 0.647. The number of aryl methyl sites for hydroxylation is 3. The van der Waals surface area contributed by atoms with Crippen LogP contribution in [0.4, 0.5) is 0 Å². The molecule has 1 heteroatoms. The summed E-state index contributed by atoms with van der Waals surface area (Å²) in [6, 6.07) is 10.8. The van der Waals surface area contributed by atoms with E-state index in [2.05, 4.69) is 44.2 Å². The molecular formula is C15H15N. The summed E-state index contributed by atoms with van der Waals surface area (Å²) >= 11 is 0. The van der Waals surface area contributed by atoms with Crippen molar-refractivity contribution in [1.29, 1.82) is 0 Å². The van der Waals surface area contributed by atoms with Gasteiger partial charge in [0.2, 0.25) is 0 Å². The van der Waals surface area contributed by atoms with Crippen molar-refractivity contribution in [3.8, 4) is 11.3 Å². The normalized spacial score (nSPS) is 13.1. The van der Waals surface area contributed by atoms with Gasteiger partial charge < -0.3 is 0 Å². The molecule has 0 spiro atoms. The lowest BCUT2D eigenvalue weighted by Crippen LogP contribution is -2.08. The van der Waals surface area contributed by atoms with Crippen molar-refractivity contribution in [3.63, 3.8) is 0 Å². The largest absolute Gasteiger partial charge is 0.253 e. The Morgan fingerprint density at radius 1 is 1.06 bits per heavy atom. The smallest absolute Gasteiger partial charge is 0.0742 e. The van der Waals surface area contributed by atoms with Gasteiger partial charge in [-0.1, -0.05) is 24.3 Å². The summed E-state index contributed by atoms with van der Waals surface area (Å²) in [6.07, 6.45) is 2.28. The molecule has 1 nitrogen and oxygen atoms in total. The van der Waals surface area contributed by atoms with Crippen molar-refractivity contribution in [2.75, 3.05) is 0 Å². The van der Waals surface area contributed by atoms with Gasteiger partial charge in [-0.15, -0.1) is 0 Å². The zero-order valence-electron chi connectivity index (χ0n) is 9.75. The highest BCUT2D eigenvalue weighted by atomic mass is 14.7. The predicted molar refractivity (Wildman–Crippen MR) is 66.6 cm³/mol. The lowest BCUT2D eigenvalue weighted by molar-refractivity contribution is 0.910. The van der Waals surface area contributed by atoms with Crippen LogP contribution in [-0.4, -0.2) is 4.98 Å². The third kappa shape index (κ3) is 1.35. The zero-order valence-corrected chi connectivity index (χ0v) is 9.75. The zero-order chi connectivity index (χ0) is 11.1. The second-order valence-corrected chi connectivity index (χ2v) is 4.56. The van der Waals surface area contributed by atoms with Gasteiger partial charge in [0.15, 0.2) is 0 Å². The molecule has 1 heterocycles. The highest BCUT2D eigenvalue weighted by Gasteiger charge is 2.18. The maximum absolute atomic E-state index is 4.72. The third-order valence-corrected chi connectivity index (χ3v) is 3.39. The molecule has 0 unspecified atom stereocenters. The first-order valence-electron chi connectivity index (χ1n) is 5.81. The Morgan fingerprint density at radius 2 is 1.88 bits per heavy atom. The van der Waals surface area contributed by atoms with Crippen molar-refractivity contribution in [2.45, 2.75) is 26.7 Å². The van der Waals surface area contributed by atoms with Gasteiger partial charge in [-0.2, -0.15) is 0 Å². The second-order valence-electron chi connectivity index (χ2n) is 4.56. The number of hydrogen-bond donors (Lipinski definition) is 0. The van der Waals surface area contributed by atoms with E-state index in [1.807, 2.05) is 0 Å². The molecular weight excluding hydrogens is 194 g/mol. The molecule has 0 aliphatic heterocycles. The average molecular weight is 209 g/mol. The van der Waals surface area contributed by atoms with Gasteiger partial charge >= 0.3 is 0 Å². The molecule has 0 atom stereocenters. The van der Waals surface area contributed by atoms with Gasteiger partial charge in [-0.25, -0.2) is 0 Å². The summed E-state index contributed by atoms with van der Waals surface area (Å²) in [4.78, 5) is 4.72. The summed E-state index contributed by atoms with van der Waals surface area (Å²) in [7, 11) is 0. The van der Waals surface area contributed by atoms with Crippen LogP contribution in [0.1, 0.15) is 22.4 Å². The van der Waals surface area contributed by atoms with Crippen LogP contribution in [0.15, 0.2) is 30.3 Å². The molecule has 16 heavy (non-hydrogen) atoms. The van der Waals surface area contributed by atoms with E-state index < -0.39 is 0 Å². The summed E-state index contributed by atoms with van der Waals surface area (Å²) in [5, 5.41) is 0. The first-order chi connectivity index (χ1) is 7.75. The van der Waals surface area contributed by atoms with Crippen molar-refractivity contribution < 1.29 is 0 Å². The molecule has 0 fully saturated rings. The molecule has 0 radical (unpaired) electrons. The van der Waals surface area contributed by atoms with Gasteiger partial charge in [0.25, 0.3) is 0 Å². The van der Waals surface area contributed by atoms with Crippen molar-refractivity contribution in [1.82, 2.24) is 4.98 Å². The number of rotatable bonds is 0. The monoisotopic (exact) mass is 209 g/mol. The molecule has 1 aromatic carbocycles. The Balaban J connectivity index is 2.31. The molecule has 2 aromatic rings. The molecule has 80 valence electrons. The van der Waals surface area contributed by atoms with E-state index in [9.17, 15) is 0 Å². The van der Waals surface area contributed by atoms with E-state index in [0.29, 0.717) is 0 Å². The minimum Gasteiger partial charge on any atom is -0.253 e. The minimum absolute atomic E-state index is 1.12.